The summed E-state index contributed by atoms with van der Waals surface area (Å²) in [4.78, 5) is 11.6. The molecule has 3 heteroatoms. The van der Waals surface area contributed by atoms with Gasteiger partial charge < -0.3 is 10.6 Å². The van der Waals surface area contributed by atoms with Gasteiger partial charge in [-0.1, -0.05) is 20.3 Å². The molecule has 14 heavy (non-hydrogen) atoms. The largest absolute Gasteiger partial charge is 0.353 e. The number of carbonyl (C=O) groups is 1. The maximum Gasteiger partial charge on any atom is 0.220 e. The second-order valence-corrected chi connectivity index (χ2v) is 4.19. The summed E-state index contributed by atoms with van der Waals surface area (Å²) in [6, 6.07) is 0.389. The second-order valence-electron chi connectivity index (χ2n) is 4.19. The fraction of sp³-hybridized carbons (Fsp3) is 0.909. The van der Waals surface area contributed by atoms with Crippen molar-refractivity contribution in [1.29, 1.82) is 0 Å². The predicted octanol–water partition coefficient (Wildman–Crippen LogP) is 1.29. The lowest BCUT2D eigenvalue weighted by Crippen LogP contribution is -2.45. The van der Waals surface area contributed by atoms with Crippen molar-refractivity contribution >= 4 is 5.91 Å². The molecule has 1 unspecified atom stereocenters. The van der Waals surface area contributed by atoms with Crippen LogP contribution in [0.2, 0.25) is 0 Å². The molecule has 0 radical (unpaired) electrons. The zero-order valence-corrected chi connectivity index (χ0v) is 9.31. The molecule has 0 aromatic heterocycles. The van der Waals surface area contributed by atoms with Crippen molar-refractivity contribution in [2.24, 2.45) is 5.92 Å². The third-order valence-electron chi connectivity index (χ3n) is 2.84. The Hall–Kier alpha value is -0.570. The predicted molar refractivity (Wildman–Crippen MR) is 58.1 cm³/mol. The Balaban J connectivity index is 2.15. The van der Waals surface area contributed by atoms with Crippen molar-refractivity contribution in [3.8, 4) is 0 Å². The van der Waals surface area contributed by atoms with Crippen LogP contribution >= 0.6 is 0 Å². The van der Waals surface area contributed by atoms with Crippen LogP contribution in [-0.2, 0) is 4.79 Å². The fourth-order valence-electron chi connectivity index (χ4n) is 1.77. The highest BCUT2D eigenvalue weighted by molar-refractivity contribution is 5.76. The molecule has 3 nitrogen and oxygen atoms in total. The van der Waals surface area contributed by atoms with Crippen LogP contribution < -0.4 is 10.6 Å². The van der Waals surface area contributed by atoms with Crippen molar-refractivity contribution in [2.75, 3.05) is 13.1 Å². The highest BCUT2D eigenvalue weighted by atomic mass is 16.1. The Morgan fingerprint density at radius 1 is 1.50 bits per heavy atom. The number of carbonyl (C=O) groups excluding carboxylic acids is 1. The molecule has 1 heterocycles. The smallest absolute Gasteiger partial charge is 0.220 e. The van der Waals surface area contributed by atoms with E-state index in [-0.39, 0.29) is 5.91 Å². The minimum absolute atomic E-state index is 0.233. The third-order valence-corrected chi connectivity index (χ3v) is 2.84. The molecule has 2 N–H and O–H groups in total. The average Bonchev–Trinajstić information content (AvgIpc) is 2.11. The highest BCUT2D eigenvalue weighted by Crippen LogP contribution is 2.09. The van der Waals surface area contributed by atoms with E-state index in [1.54, 1.807) is 0 Å². The van der Waals surface area contributed by atoms with E-state index < -0.39 is 0 Å². The standard InChI is InChI=1S/C11H22N2O/c1-3-5-10(4-2)13-11(14)6-9-7-12-8-9/h9-10,12H,3-8H2,1-2H3,(H,13,14). The Kier molecular flexibility index (Phi) is 4.94. The quantitative estimate of drug-likeness (QED) is 0.675. The topological polar surface area (TPSA) is 41.1 Å². The first-order chi connectivity index (χ1) is 6.76. The number of hydrogen-bond donors (Lipinski definition) is 2. The zero-order valence-electron chi connectivity index (χ0n) is 9.31. The Morgan fingerprint density at radius 2 is 2.21 bits per heavy atom. The summed E-state index contributed by atoms with van der Waals surface area (Å²) in [6.07, 6.45) is 3.99. The fourth-order valence-corrected chi connectivity index (χ4v) is 1.77. The van der Waals surface area contributed by atoms with Gasteiger partial charge in [-0.2, -0.15) is 0 Å². The highest BCUT2D eigenvalue weighted by Gasteiger charge is 2.20. The van der Waals surface area contributed by atoms with E-state index in [9.17, 15) is 4.79 Å². The van der Waals surface area contributed by atoms with E-state index in [1.807, 2.05) is 0 Å². The van der Waals surface area contributed by atoms with Crippen LogP contribution in [0.25, 0.3) is 0 Å². The van der Waals surface area contributed by atoms with E-state index >= 15 is 0 Å². The summed E-state index contributed by atoms with van der Waals surface area (Å²) in [5, 5.41) is 6.28. The molecule has 1 rings (SSSR count). The molecule has 0 aliphatic carbocycles. The van der Waals surface area contributed by atoms with Gasteiger partial charge >= 0.3 is 0 Å². The van der Waals surface area contributed by atoms with E-state index in [1.165, 1.54) is 0 Å². The minimum Gasteiger partial charge on any atom is -0.353 e. The second kappa shape index (κ2) is 6.02. The lowest BCUT2D eigenvalue weighted by Gasteiger charge is -2.27. The van der Waals surface area contributed by atoms with E-state index in [0.717, 1.165) is 32.4 Å². The normalized spacial score (nSPS) is 18.7. The summed E-state index contributed by atoms with van der Waals surface area (Å²) in [6.45, 7) is 6.31. The van der Waals surface area contributed by atoms with Crippen LogP contribution in [0.1, 0.15) is 39.5 Å². The van der Waals surface area contributed by atoms with Crippen molar-refractivity contribution < 1.29 is 4.79 Å². The van der Waals surface area contributed by atoms with Gasteiger partial charge in [0.15, 0.2) is 0 Å². The van der Waals surface area contributed by atoms with Crippen LogP contribution in [0.4, 0.5) is 0 Å². The minimum atomic E-state index is 0.233. The molecule has 1 aliphatic rings. The van der Waals surface area contributed by atoms with Crippen molar-refractivity contribution in [2.45, 2.75) is 45.6 Å². The third kappa shape index (κ3) is 3.66. The molecule has 0 saturated carbocycles. The van der Waals surface area contributed by atoms with Crippen LogP contribution in [0.15, 0.2) is 0 Å². The summed E-state index contributed by atoms with van der Waals surface area (Å²) in [5.41, 5.74) is 0. The van der Waals surface area contributed by atoms with Crippen LogP contribution in [-0.4, -0.2) is 25.0 Å². The van der Waals surface area contributed by atoms with Gasteiger partial charge in [0, 0.05) is 12.5 Å². The Labute approximate surface area is 86.6 Å². The molecule has 0 aromatic rings. The van der Waals surface area contributed by atoms with Gasteiger partial charge in [-0.15, -0.1) is 0 Å². The van der Waals surface area contributed by atoms with Gasteiger partial charge in [0.05, 0.1) is 0 Å². The number of rotatable bonds is 6. The molecule has 0 aromatic carbocycles. The monoisotopic (exact) mass is 198 g/mol. The van der Waals surface area contributed by atoms with Gasteiger partial charge in [-0.3, -0.25) is 4.79 Å². The molecular formula is C11H22N2O. The van der Waals surface area contributed by atoms with Gasteiger partial charge in [-0.25, -0.2) is 0 Å². The molecule has 1 amide bonds. The van der Waals surface area contributed by atoms with Gasteiger partial charge in [0.1, 0.15) is 0 Å². The van der Waals surface area contributed by atoms with E-state index in [2.05, 4.69) is 24.5 Å². The first kappa shape index (κ1) is 11.5. The first-order valence-electron chi connectivity index (χ1n) is 5.76. The SMILES string of the molecule is CCCC(CC)NC(=O)CC1CNC1. The molecule has 0 bridgehead atoms. The molecular weight excluding hydrogens is 176 g/mol. The molecule has 1 saturated heterocycles. The van der Waals surface area contributed by atoms with Crippen LogP contribution in [0.3, 0.4) is 0 Å². The lowest BCUT2D eigenvalue weighted by molar-refractivity contribution is -0.123. The molecule has 82 valence electrons. The summed E-state index contributed by atoms with van der Waals surface area (Å²) in [5.74, 6) is 0.811. The molecule has 0 spiro atoms. The van der Waals surface area contributed by atoms with Crippen molar-refractivity contribution in [3.05, 3.63) is 0 Å². The number of amides is 1. The average molecular weight is 198 g/mol. The van der Waals surface area contributed by atoms with Gasteiger partial charge in [0.25, 0.3) is 0 Å². The summed E-state index contributed by atoms with van der Waals surface area (Å²) < 4.78 is 0. The van der Waals surface area contributed by atoms with Gasteiger partial charge in [0.2, 0.25) is 5.91 Å². The van der Waals surface area contributed by atoms with Crippen LogP contribution in [0, 0.1) is 5.92 Å². The Morgan fingerprint density at radius 3 is 2.64 bits per heavy atom. The van der Waals surface area contributed by atoms with E-state index in [0.29, 0.717) is 18.4 Å². The maximum atomic E-state index is 11.6. The number of hydrogen-bond acceptors (Lipinski definition) is 2. The molecule has 1 aliphatic heterocycles. The van der Waals surface area contributed by atoms with Crippen molar-refractivity contribution in [3.63, 3.8) is 0 Å². The van der Waals surface area contributed by atoms with Crippen molar-refractivity contribution in [1.82, 2.24) is 10.6 Å². The summed E-state index contributed by atoms with van der Waals surface area (Å²) >= 11 is 0. The molecule has 1 fully saturated rings. The maximum absolute atomic E-state index is 11.6. The lowest BCUT2D eigenvalue weighted by atomic mass is 9.98. The molecule has 1 atom stereocenters. The number of nitrogens with one attached hydrogen (secondary N) is 2. The summed E-state index contributed by atoms with van der Waals surface area (Å²) in [7, 11) is 0. The van der Waals surface area contributed by atoms with Gasteiger partial charge in [-0.05, 0) is 31.8 Å². The van der Waals surface area contributed by atoms with Crippen LogP contribution in [0.5, 0.6) is 0 Å². The van der Waals surface area contributed by atoms with E-state index in [4.69, 9.17) is 0 Å². The first-order valence-corrected chi connectivity index (χ1v) is 5.76. The zero-order chi connectivity index (χ0) is 10.4. The Bertz CT molecular complexity index is 178.